The molecule has 37 heavy (non-hydrogen) atoms. The van der Waals surface area contributed by atoms with E-state index in [1.54, 1.807) is 0 Å². The lowest BCUT2D eigenvalue weighted by atomic mass is 9.50. The van der Waals surface area contributed by atoms with Crippen molar-refractivity contribution in [3.05, 3.63) is 41.5 Å². The first-order valence-corrected chi connectivity index (χ1v) is 15.2. The summed E-state index contributed by atoms with van der Waals surface area (Å²) in [5.41, 5.74) is 1.18. The Kier molecular flexibility index (Phi) is 4.77. The van der Waals surface area contributed by atoms with Crippen LogP contribution in [0.25, 0.3) is 6.08 Å². The highest BCUT2D eigenvalue weighted by Gasteiger charge is 2.68. The Bertz CT molecular complexity index is 1100. The third-order valence-electron chi connectivity index (χ3n) is 12.1. The minimum atomic E-state index is -0.831. The van der Waals surface area contributed by atoms with Gasteiger partial charge in [0, 0.05) is 11.1 Å². The highest BCUT2D eigenvalue weighted by Crippen LogP contribution is 2.62. The van der Waals surface area contributed by atoms with Crippen LogP contribution >= 0.6 is 0 Å². The fourth-order valence-corrected chi connectivity index (χ4v) is 11.7. The van der Waals surface area contributed by atoms with E-state index < -0.39 is 5.54 Å². The van der Waals surface area contributed by atoms with E-state index in [2.05, 4.69) is 47.5 Å². The molecule has 1 saturated heterocycles. The number of amides is 2. The van der Waals surface area contributed by atoms with E-state index in [0.717, 1.165) is 85.2 Å². The van der Waals surface area contributed by atoms with Crippen LogP contribution in [0.1, 0.15) is 96.0 Å². The van der Waals surface area contributed by atoms with Gasteiger partial charge in [0.1, 0.15) is 0 Å². The first kappa shape index (κ1) is 22.8. The maximum absolute atomic E-state index is 14.8. The lowest BCUT2D eigenvalue weighted by Gasteiger charge is -2.68. The second kappa shape index (κ2) is 7.73. The summed E-state index contributed by atoms with van der Waals surface area (Å²) < 4.78 is 0. The van der Waals surface area contributed by atoms with Crippen LogP contribution < -0.4 is 5.32 Å². The second-order valence-electron chi connectivity index (χ2n) is 14.8. The fraction of sp³-hybridized carbons (Fsp3) is 0.697. The summed E-state index contributed by atoms with van der Waals surface area (Å²) in [6.45, 7) is 2.13. The predicted molar refractivity (Wildman–Crippen MR) is 144 cm³/mol. The molecular weight excluding hydrogens is 456 g/mol. The van der Waals surface area contributed by atoms with Gasteiger partial charge in [0.25, 0.3) is 5.91 Å². The van der Waals surface area contributed by atoms with Gasteiger partial charge in [0.05, 0.1) is 6.42 Å². The molecule has 1 aromatic carbocycles. The molecule has 10 rings (SSSR count). The van der Waals surface area contributed by atoms with Crippen molar-refractivity contribution >= 4 is 17.9 Å². The Morgan fingerprint density at radius 3 is 1.78 bits per heavy atom. The van der Waals surface area contributed by atoms with Gasteiger partial charge in [-0.3, -0.25) is 9.59 Å². The number of likely N-dealkylation sites (tertiary alicyclic amines) is 1. The highest BCUT2D eigenvalue weighted by atomic mass is 16.2. The average molecular weight is 499 g/mol. The van der Waals surface area contributed by atoms with Crippen molar-refractivity contribution in [1.29, 1.82) is 0 Å². The Labute approximate surface area is 221 Å². The van der Waals surface area contributed by atoms with E-state index in [4.69, 9.17) is 0 Å². The third kappa shape index (κ3) is 3.32. The Morgan fingerprint density at radius 2 is 1.30 bits per heavy atom. The summed E-state index contributed by atoms with van der Waals surface area (Å²) in [6, 6.07) is 10.4. The van der Waals surface area contributed by atoms with E-state index in [0.29, 0.717) is 6.42 Å². The molecule has 0 spiro atoms. The molecule has 196 valence electrons. The number of hydrogen-bond donors (Lipinski definition) is 1. The van der Waals surface area contributed by atoms with Crippen LogP contribution in [0.2, 0.25) is 0 Å². The van der Waals surface area contributed by atoms with Crippen molar-refractivity contribution in [1.82, 2.24) is 10.2 Å². The molecule has 2 amide bonds. The zero-order chi connectivity index (χ0) is 25.0. The van der Waals surface area contributed by atoms with Crippen LogP contribution in [0.15, 0.2) is 35.9 Å². The first-order chi connectivity index (χ1) is 17.8. The minimum absolute atomic E-state index is 0.0440. The molecule has 1 unspecified atom stereocenters. The van der Waals surface area contributed by atoms with Crippen molar-refractivity contribution in [2.24, 2.45) is 35.5 Å². The van der Waals surface area contributed by atoms with Gasteiger partial charge >= 0.3 is 0 Å². The van der Waals surface area contributed by atoms with Crippen LogP contribution in [0.4, 0.5) is 0 Å². The average Bonchev–Trinajstić information content (AvgIpc) is 2.80. The molecule has 0 radical (unpaired) electrons. The molecule has 9 fully saturated rings. The summed E-state index contributed by atoms with van der Waals surface area (Å²) in [4.78, 5) is 30.7. The van der Waals surface area contributed by atoms with Crippen molar-refractivity contribution in [3.8, 4) is 0 Å². The largest absolute Gasteiger partial charge is 0.348 e. The fourth-order valence-electron chi connectivity index (χ4n) is 11.7. The standard InChI is InChI=1S/C33H42N2O2/c1-21(7-22-5-3-2-4-6-22)33(30(37)34-31-14-23-8-24(15-31)10-25(9-23)16-31)20-29(36)35(33)32-17-26-11-27(18-32)13-28(12-26)19-32/h2-7,23-28H,8-20H2,1H3,(H,34,37). The number of rotatable bonds is 5. The summed E-state index contributed by atoms with van der Waals surface area (Å²) >= 11 is 0. The summed E-state index contributed by atoms with van der Waals surface area (Å²) in [7, 11) is 0. The number of carbonyl (C=O) groups is 2. The molecule has 1 atom stereocenters. The molecule has 4 heteroatoms. The van der Waals surface area contributed by atoms with Gasteiger partial charge in [-0.15, -0.1) is 0 Å². The zero-order valence-electron chi connectivity index (χ0n) is 22.4. The molecule has 1 aliphatic heterocycles. The Morgan fingerprint density at radius 1 is 0.811 bits per heavy atom. The zero-order valence-corrected chi connectivity index (χ0v) is 22.4. The van der Waals surface area contributed by atoms with Crippen molar-refractivity contribution in [2.75, 3.05) is 0 Å². The van der Waals surface area contributed by atoms with E-state index >= 15 is 0 Å². The minimum Gasteiger partial charge on any atom is -0.348 e. The first-order valence-electron chi connectivity index (χ1n) is 15.2. The molecule has 8 aliphatic carbocycles. The topological polar surface area (TPSA) is 49.4 Å². The van der Waals surface area contributed by atoms with Crippen LogP contribution in [0, 0.1) is 35.5 Å². The van der Waals surface area contributed by atoms with Gasteiger partial charge in [-0.25, -0.2) is 0 Å². The number of hydrogen-bond acceptors (Lipinski definition) is 2. The predicted octanol–water partition coefficient (Wildman–Crippen LogP) is 6.11. The van der Waals surface area contributed by atoms with Crippen LogP contribution in [0.3, 0.4) is 0 Å². The summed E-state index contributed by atoms with van der Waals surface area (Å²) in [5, 5.41) is 3.74. The Hall–Kier alpha value is -2.10. The summed E-state index contributed by atoms with van der Waals surface area (Å²) in [6.07, 6.45) is 17.4. The quantitative estimate of drug-likeness (QED) is 0.498. The molecule has 1 aromatic rings. The van der Waals surface area contributed by atoms with Gasteiger partial charge in [-0.2, -0.15) is 0 Å². The molecule has 8 bridgehead atoms. The number of carbonyl (C=O) groups excluding carboxylic acids is 2. The number of nitrogens with zero attached hydrogens (tertiary/aromatic N) is 1. The SMILES string of the molecule is CC(=Cc1ccccc1)C1(C(=O)NC23CC4CC(CC(C4)C2)C3)CC(=O)N1C12CC3CC(CC(C3)C1)C2. The van der Waals surface area contributed by atoms with Crippen molar-refractivity contribution in [2.45, 2.75) is 107 Å². The monoisotopic (exact) mass is 498 g/mol. The molecular formula is C33H42N2O2. The maximum atomic E-state index is 14.8. The van der Waals surface area contributed by atoms with Gasteiger partial charge in [-0.1, -0.05) is 36.4 Å². The summed E-state index contributed by atoms with van der Waals surface area (Å²) in [5.74, 6) is 4.91. The molecule has 1 heterocycles. The molecule has 8 saturated carbocycles. The van der Waals surface area contributed by atoms with E-state index in [1.165, 1.54) is 38.5 Å². The lowest BCUT2D eigenvalue weighted by Crippen LogP contribution is -2.80. The maximum Gasteiger partial charge on any atom is 0.251 e. The van der Waals surface area contributed by atoms with Gasteiger partial charge in [0.2, 0.25) is 5.91 Å². The van der Waals surface area contributed by atoms with Crippen LogP contribution in [-0.2, 0) is 9.59 Å². The van der Waals surface area contributed by atoms with Gasteiger partial charge < -0.3 is 10.2 Å². The second-order valence-corrected chi connectivity index (χ2v) is 14.8. The smallest absolute Gasteiger partial charge is 0.251 e. The third-order valence-corrected chi connectivity index (χ3v) is 12.1. The van der Waals surface area contributed by atoms with Gasteiger partial charge in [-0.05, 0) is 131 Å². The lowest BCUT2D eigenvalue weighted by molar-refractivity contribution is -0.193. The number of benzene rings is 1. The molecule has 0 aromatic heterocycles. The number of β-lactam (4-membered cyclic amide) rings is 1. The number of nitrogens with one attached hydrogen (secondary N) is 1. The Balaban J connectivity index is 1.19. The van der Waals surface area contributed by atoms with Gasteiger partial charge in [0.15, 0.2) is 5.54 Å². The van der Waals surface area contributed by atoms with Crippen LogP contribution in [-0.4, -0.2) is 33.3 Å². The molecule has 4 nitrogen and oxygen atoms in total. The molecule has 9 aliphatic rings. The molecule has 1 N–H and O–H groups in total. The highest BCUT2D eigenvalue weighted by molar-refractivity contribution is 6.05. The van der Waals surface area contributed by atoms with E-state index in [1.807, 2.05) is 6.07 Å². The van der Waals surface area contributed by atoms with E-state index in [-0.39, 0.29) is 22.9 Å². The van der Waals surface area contributed by atoms with Crippen molar-refractivity contribution in [3.63, 3.8) is 0 Å². The van der Waals surface area contributed by atoms with E-state index in [9.17, 15) is 9.59 Å². The normalized spacial score (nSPS) is 47.3. The van der Waals surface area contributed by atoms with Crippen LogP contribution in [0.5, 0.6) is 0 Å². The van der Waals surface area contributed by atoms with Crippen molar-refractivity contribution < 1.29 is 9.59 Å².